The van der Waals surface area contributed by atoms with Crippen molar-refractivity contribution in [1.29, 1.82) is 0 Å². The van der Waals surface area contributed by atoms with Crippen LogP contribution in [-0.2, 0) is 9.59 Å². The van der Waals surface area contributed by atoms with E-state index in [-0.39, 0.29) is 11.4 Å². The number of halogens is 1. The number of aromatic nitrogens is 1. The minimum absolute atomic E-state index is 0.0792. The summed E-state index contributed by atoms with van der Waals surface area (Å²) in [6.07, 6.45) is 4.43. The molecule has 148 valence electrons. The minimum Gasteiger partial charge on any atom is -0.503 e. The number of aliphatic hydroxyl groups excluding tert-OH is 1. The molecule has 0 saturated carbocycles. The number of anilines is 1. The first kappa shape index (κ1) is 19.3. The molecule has 6 heteroatoms. The van der Waals surface area contributed by atoms with Crippen LogP contribution >= 0.6 is 0 Å². The number of carbonyl (C=O) groups excluding carboxylic acids is 2. The van der Waals surface area contributed by atoms with E-state index in [0.29, 0.717) is 5.56 Å². The molecule has 1 unspecified atom stereocenters. The van der Waals surface area contributed by atoms with E-state index in [4.69, 9.17) is 0 Å². The lowest BCUT2D eigenvalue weighted by molar-refractivity contribution is -0.117. The van der Waals surface area contributed by atoms with Crippen molar-refractivity contribution in [3.05, 3.63) is 113 Å². The summed E-state index contributed by atoms with van der Waals surface area (Å²) in [5, 5.41) is 10.6. The zero-order valence-corrected chi connectivity index (χ0v) is 15.8. The van der Waals surface area contributed by atoms with E-state index in [2.05, 4.69) is 4.98 Å². The molecule has 1 atom stereocenters. The normalized spacial score (nSPS) is 16.5. The Kier molecular flexibility index (Phi) is 5.22. The second-order valence-corrected chi connectivity index (χ2v) is 6.69. The molecule has 3 aromatic rings. The summed E-state index contributed by atoms with van der Waals surface area (Å²) in [6.45, 7) is 0. The van der Waals surface area contributed by atoms with Crippen LogP contribution in [0.15, 0.2) is 96.4 Å². The van der Waals surface area contributed by atoms with E-state index in [1.165, 1.54) is 41.4 Å². The molecule has 2 heterocycles. The Morgan fingerprint density at radius 1 is 1.00 bits per heavy atom. The lowest BCUT2D eigenvalue weighted by atomic mass is 9.95. The van der Waals surface area contributed by atoms with Crippen LogP contribution in [0.2, 0.25) is 0 Å². The van der Waals surface area contributed by atoms with Crippen molar-refractivity contribution < 1.29 is 19.1 Å². The van der Waals surface area contributed by atoms with Crippen LogP contribution in [0.25, 0.3) is 6.08 Å². The third-order valence-corrected chi connectivity index (χ3v) is 4.78. The van der Waals surface area contributed by atoms with Crippen molar-refractivity contribution in [2.75, 3.05) is 4.90 Å². The Balaban J connectivity index is 1.78. The largest absolute Gasteiger partial charge is 0.503 e. The number of ketones is 1. The summed E-state index contributed by atoms with van der Waals surface area (Å²) >= 11 is 0. The first-order valence-corrected chi connectivity index (χ1v) is 9.27. The number of nitrogens with zero attached hydrogens (tertiary/aromatic N) is 2. The summed E-state index contributed by atoms with van der Waals surface area (Å²) in [6, 6.07) is 18.7. The van der Waals surface area contributed by atoms with Gasteiger partial charge in [0.2, 0.25) is 0 Å². The molecule has 0 radical (unpaired) electrons. The molecule has 1 amide bonds. The van der Waals surface area contributed by atoms with E-state index in [1.54, 1.807) is 24.3 Å². The third-order valence-electron chi connectivity index (χ3n) is 4.78. The predicted molar refractivity (Wildman–Crippen MR) is 111 cm³/mol. The Morgan fingerprint density at radius 3 is 2.37 bits per heavy atom. The Morgan fingerprint density at radius 2 is 1.70 bits per heavy atom. The highest BCUT2D eigenvalue weighted by atomic mass is 19.1. The van der Waals surface area contributed by atoms with Gasteiger partial charge in [0.05, 0.1) is 11.6 Å². The van der Waals surface area contributed by atoms with Gasteiger partial charge in [-0.15, -0.1) is 0 Å². The molecule has 0 spiro atoms. The second kappa shape index (κ2) is 8.13. The Labute approximate surface area is 172 Å². The number of carbonyl (C=O) groups is 2. The molecule has 30 heavy (non-hydrogen) atoms. The maximum Gasteiger partial charge on any atom is 0.295 e. The van der Waals surface area contributed by atoms with Crippen LogP contribution in [0.1, 0.15) is 17.2 Å². The van der Waals surface area contributed by atoms with Crippen LogP contribution in [0.4, 0.5) is 10.2 Å². The van der Waals surface area contributed by atoms with Crippen molar-refractivity contribution in [3.63, 3.8) is 0 Å². The molecule has 2 aromatic carbocycles. The standard InChI is InChI=1S/C24H17FN2O3/c25-18-12-10-17(11-13-18)22-21(19(28)14-9-16-6-2-1-3-7-16)23(29)24(30)27(22)20-8-4-5-15-26-20/h1-15,22,29H. The highest BCUT2D eigenvalue weighted by Crippen LogP contribution is 2.40. The SMILES string of the molecule is O=C(C=Cc1ccccc1)C1=C(O)C(=O)N(c2ccccn2)C1c1ccc(F)cc1. The van der Waals surface area contributed by atoms with Crippen molar-refractivity contribution in [3.8, 4) is 0 Å². The fourth-order valence-electron chi connectivity index (χ4n) is 3.38. The van der Waals surface area contributed by atoms with Crippen LogP contribution in [0.3, 0.4) is 0 Å². The van der Waals surface area contributed by atoms with Crippen molar-refractivity contribution in [2.45, 2.75) is 6.04 Å². The van der Waals surface area contributed by atoms with E-state index < -0.39 is 29.3 Å². The molecule has 0 aliphatic carbocycles. The van der Waals surface area contributed by atoms with Gasteiger partial charge in [0, 0.05) is 6.20 Å². The number of pyridine rings is 1. The highest BCUT2D eigenvalue weighted by Gasteiger charge is 2.44. The van der Waals surface area contributed by atoms with Gasteiger partial charge < -0.3 is 5.11 Å². The first-order chi connectivity index (χ1) is 14.6. The van der Waals surface area contributed by atoms with E-state index in [9.17, 15) is 19.1 Å². The topological polar surface area (TPSA) is 70.5 Å². The van der Waals surface area contributed by atoms with Gasteiger partial charge in [0.1, 0.15) is 11.6 Å². The highest BCUT2D eigenvalue weighted by molar-refractivity contribution is 6.19. The number of aliphatic hydroxyl groups is 1. The van der Waals surface area contributed by atoms with Gasteiger partial charge in [-0.1, -0.05) is 54.6 Å². The Hall–Kier alpha value is -4.06. The Bertz CT molecular complexity index is 1140. The van der Waals surface area contributed by atoms with Gasteiger partial charge >= 0.3 is 0 Å². The number of benzene rings is 2. The van der Waals surface area contributed by atoms with Crippen LogP contribution in [-0.4, -0.2) is 21.8 Å². The molecule has 1 aromatic heterocycles. The average molecular weight is 400 g/mol. The fraction of sp³-hybridized carbons (Fsp3) is 0.0417. The van der Waals surface area contributed by atoms with Gasteiger partial charge in [-0.25, -0.2) is 9.37 Å². The van der Waals surface area contributed by atoms with Crippen molar-refractivity contribution >= 4 is 23.6 Å². The summed E-state index contributed by atoms with van der Waals surface area (Å²) in [7, 11) is 0. The molecular formula is C24H17FN2O3. The average Bonchev–Trinajstić information content (AvgIpc) is 3.04. The molecule has 4 rings (SSSR count). The maximum atomic E-state index is 13.5. The smallest absolute Gasteiger partial charge is 0.295 e. The number of hydrogen-bond acceptors (Lipinski definition) is 4. The summed E-state index contributed by atoms with van der Waals surface area (Å²) in [4.78, 5) is 31.3. The van der Waals surface area contributed by atoms with Gasteiger partial charge in [0.15, 0.2) is 11.5 Å². The van der Waals surface area contributed by atoms with Gasteiger partial charge in [-0.3, -0.25) is 14.5 Å². The number of amides is 1. The molecule has 1 aliphatic rings. The predicted octanol–water partition coefficient (Wildman–Crippen LogP) is 4.40. The molecular weight excluding hydrogens is 383 g/mol. The van der Waals surface area contributed by atoms with Crippen LogP contribution in [0.5, 0.6) is 0 Å². The zero-order chi connectivity index (χ0) is 21.1. The molecule has 1 aliphatic heterocycles. The van der Waals surface area contributed by atoms with E-state index in [0.717, 1.165) is 5.56 Å². The van der Waals surface area contributed by atoms with Crippen LogP contribution in [0, 0.1) is 5.82 Å². The van der Waals surface area contributed by atoms with Gasteiger partial charge in [0.25, 0.3) is 5.91 Å². The second-order valence-electron chi connectivity index (χ2n) is 6.69. The van der Waals surface area contributed by atoms with Crippen LogP contribution < -0.4 is 4.90 Å². The molecule has 0 fully saturated rings. The summed E-state index contributed by atoms with van der Waals surface area (Å²) in [5.41, 5.74) is 1.20. The lowest BCUT2D eigenvalue weighted by Crippen LogP contribution is -2.31. The fourth-order valence-corrected chi connectivity index (χ4v) is 3.38. The maximum absolute atomic E-state index is 13.5. The number of hydrogen-bond donors (Lipinski definition) is 1. The molecule has 0 bridgehead atoms. The van der Waals surface area contributed by atoms with E-state index >= 15 is 0 Å². The third kappa shape index (κ3) is 3.63. The first-order valence-electron chi connectivity index (χ1n) is 9.27. The molecule has 5 nitrogen and oxygen atoms in total. The number of rotatable bonds is 5. The molecule has 0 saturated heterocycles. The zero-order valence-electron chi connectivity index (χ0n) is 15.8. The quantitative estimate of drug-likeness (QED) is 0.645. The van der Waals surface area contributed by atoms with Gasteiger partial charge in [-0.2, -0.15) is 0 Å². The monoisotopic (exact) mass is 400 g/mol. The summed E-state index contributed by atoms with van der Waals surface area (Å²) < 4.78 is 13.5. The van der Waals surface area contributed by atoms with E-state index in [1.807, 2.05) is 30.3 Å². The minimum atomic E-state index is -0.930. The lowest BCUT2D eigenvalue weighted by Gasteiger charge is -2.25. The van der Waals surface area contributed by atoms with Crippen molar-refractivity contribution in [2.24, 2.45) is 0 Å². The van der Waals surface area contributed by atoms with Gasteiger partial charge in [-0.05, 0) is 41.5 Å². The molecule has 1 N–H and O–H groups in total. The summed E-state index contributed by atoms with van der Waals surface area (Å²) in [5.74, 6) is -2.06. The van der Waals surface area contributed by atoms with Crippen molar-refractivity contribution in [1.82, 2.24) is 4.98 Å². The number of allylic oxidation sites excluding steroid dienone is 1.